The van der Waals surface area contributed by atoms with Gasteiger partial charge in [-0.15, -0.1) is 0 Å². The Morgan fingerprint density at radius 2 is 2.02 bits per heavy atom. The molecule has 1 aromatic carbocycles. The monoisotopic (exact) mass is 545 g/mol. The molecule has 0 saturated heterocycles. The number of hydrogen-bond acceptors (Lipinski definition) is 8. The summed E-state index contributed by atoms with van der Waals surface area (Å²) in [5.41, 5.74) is 8.76. The smallest absolute Gasteiger partial charge is 0.426 e. The highest BCUT2D eigenvalue weighted by atomic mass is 16.6. The summed E-state index contributed by atoms with van der Waals surface area (Å²) in [5, 5.41) is 9.39. The first-order valence-corrected chi connectivity index (χ1v) is 13.2. The van der Waals surface area contributed by atoms with Crippen LogP contribution in [0, 0.1) is 18.3 Å². The topological polar surface area (TPSA) is 134 Å². The zero-order valence-corrected chi connectivity index (χ0v) is 23.7. The summed E-state index contributed by atoms with van der Waals surface area (Å²) in [4.78, 5) is 36.8. The minimum atomic E-state index is -0.653. The van der Waals surface area contributed by atoms with Crippen LogP contribution in [0.5, 0.6) is 5.75 Å². The van der Waals surface area contributed by atoms with Crippen LogP contribution >= 0.6 is 0 Å². The highest BCUT2D eigenvalue weighted by Crippen LogP contribution is 2.33. The van der Waals surface area contributed by atoms with Crippen LogP contribution in [0.4, 0.5) is 10.5 Å². The molecule has 210 valence electrons. The average Bonchev–Trinajstić information content (AvgIpc) is 3.30. The summed E-state index contributed by atoms with van der Waals surface area (Å²) in [6.07, 6.45) is 5.03. The van der Waals surface area contributed by atoms with Crippen LogP contribution in [-0.2, 0) is 17.7 Å². The highest BCUT2D eigenvalue weighted by molar-refractivity contribution is 5.99. The third-order valence-corrected chi connectivity index (χ3v) is 6.58. The molecule has 40 heavy (non-hydrogen) atoms. The van der Waals surface area contributed by atoms with E-state index in [0.717, 1.165) is 17.0 Å². The second-order valence-electron chi connectivity index (χ2n) is 10.6. The number of hydrogen-bond donors (Lipinski definition) is 2. The molecule has 0 spiro atoms. The lowest BCUT2D eigenvalue weighted by atomic mass is 9.93. The van der Waals surface area contributed by atoms with Gasteiger partial charge in [-0.3, -0.25) is 15.2 Å². The normalized spacial score (nSPS) is 13.7. The molecule has 3 aromatic rings. The molecule has 0 bridgehead atoms. The van der Waals surface area contributed by atoms with Crippen LogP contribution in [0.25, 0.3) is 0 Å². The van der Waals surface area contributed by atoms with Gasteiger partial charge in [-0.1, -0.05) is 0 Å². The van der Waals surface area contributed by atoms with Gasteiger partial charge in [0.05, 0.1) is 24.0 Å². The van der Waals surface area contributed by atoms with Gasteiger partial charge in [0.1, 0.15) is 28.8 Å². The molecule has 1 aliphatic heterocycles. The number of ether oxygens (including phenoxy) is 2. The number of rotatable bonds is 8. The Labute approximate surface area is 234 Å². The number of hydrazine groups is 1. The van der Waals surface area contributed by atoms with Gasteiger partial charge in [-0.2, -0.15) is 5.26 Å². The summed E-state index contributed by atoms with van der Waals surface area (Å²) in [7, 11) is 0. The number of nitrogens with one attached hydrogen (secondary N) is 2. The molecular formula is C29H35N7O4. The predicted molar refractivity (Wildman–Crippen MR) is 149 cm³/mol. The van der Waals surface area contributed by atoms with Crippen molar-refractivity contribution in [3.63, 3.8) is 0 Å². The van der Waals surface area contributed by atoms with Crippen LogP contribution in [-0.4, -0.2) is 50.2 Å². The Morgan fingerprint density at radius 1 is 1.25 bits per heavy atom. The molecule has 1 atom stereocenters. The lowest BCUT2D eigenvalue weighted by molar-refractivity contribution is 0.0541. The number of carbonyl (C=O) groups is 2. The second-order valence-corrected chi connectivity index (χ2v) is 10.6. The molecule has 0 saturated carbocycles. The molecule has 3 heterocycles. The summed E-state index contributed by atoms with van der Waals surface area (Å²) in [5.74, 6) is 1.14. The molecule has 0 fully saturated rings. The van der Waals surface area contributed by atoms with Gasteiger partial charge in [0.25, 0.3) is 5.91 Å². The number of aromatic nitrogens is 3. The fraction of sp³-hybridized carbons (Fsp3) is 0.414. The predicted octanol–water partition coefficient (Wildman–Crippen LogP) is 4.52. The first-order chi connectivity index (χ1) is 19.0. The summed E-state index contributed by atoms with van der Waals surface area (Å²) < 4.78 is 13.0. The fourth-order valence-corrected chi connectivity index (χ4v) is 4.64. The van der Waals surface area contributed by atoms with Gasteiger partial charge < -0.3 is 18.9 Å². The molecule has 0 aliphatic carbocycles. The van der Waals surface area contributed by atoms with Crippen LogP contribution < -0.4 is 15.6 Å². The third kappa shape index (κ3) is 6.34. The van der Waals surface area contributed by atoms with Crippen molar-refractivity contribution in [2.45, 2.75) is 66.2 Å². The number of amides is 2. The van der Waals surface area contributed by atoms with Gasteiger partial charge in [0.15, 0.2) is 0 Å². The van der Waals surface area contributed by atoms with E-state index in [2.05, 4.69) is 26.9 Å². The van der Waals surface area contributed by atoms with E-state index in [1.54, 1.807) is 37.9 Å². The van der Waals surface area contributed by atoms with E-state index in [-0.39, 0.29) is 11.9 Å². The molecule has 11 heteroatoms. The number of pyridine rings is 1. The first kappa shape index (κ1) is 28.4. The number of fused-ring (bicyclic) bond motifs is 1. The van der Waals surface area contributed by atoms with Gasteiger partial charge in [0, 0.05) is 43.3 Å². The van der Waals surface area contributed by atoms with Gasteiger partial charge in [-0.25, -0.2) is 15.2 Å². The first-order valence-electron chi connectivity index (χ1n) is 13.2. The van der Waals surface area contributed by atoms with Crippen molar-refractivity contribution in [2.75, 3.05) is 18.6 Å². The fourth-order valence-electron chi connectivity index (χ4n) is 4.64. The van der Waals surface area contributed by atoms with Crippen molar-refractivity contribution in [1.82, 2.24) is 24.9 Å². The maximum absolute atomic E-state index is 13.9. The third-order valence-electron chi connectivity index (χ3n) is 6.58. The van der Waals surface area contributed by atoms with Crippen LogP contribution in [0.15, 0.2) is 36.8 Å². The number of carbonyl (C=O) groups excluding carboxylic acids is 2. The van der Waals surface area contributed by atoms with Crippen molar-refractivity contribution >= 4 is 17.7 Å². The van der Waals surface area contributed by atoms with Crippen molar-refractivity contribution in [2.24, 2.45) is 0 Å². The zero-order valence-electron chi connectivity index (χ0n) is 23.7. The van der Waals surface area contributed by atoms with Crippen LogP contribution in [0.3, 0.4) is 0 Å². The molecule has 0 radical (unpaired) electrons. The quantitative estimate of drug-likeness (QED) is 0.395. The summed E-state index contributed by atoms with van der Waals surface area (Å²) >= 11 is 0. The Kier molecular flexibility index (Phi) is 8.28. The van der Waals surface area contributed by atoms with Gasteiger partial charge >= 0.3 is 6.09 Å². The largest absolute Gasteiger partial charge is 0.492 e. The number of nitrogens with zero attached hydrogens (tertiary/aromatic N) is 5. The van der Waals surface area contributed by atoms with Gasteiger partial charge in [-0.05, 0) is 71.2 Å². The number of benzene rings is 1. The number of aryl methyl sites for hydroxylation is 1. The molecule has 4 rings (SSSR count). The van der Waals surface area contributed by atoms with E-state index in [9.17, 15) is 14.9 Å². The minimum Gasteiger partial charge on any atom is -0.492 e. The molecule has 11 nitrogen and oxygen atoms in total. The van der Waals surface area contributed by atoms with Crippen molar-refractivity contribution < 1.29 is 19.1 Å². The second kappa shape index (κ2) is 11.7. The number of anilines is 1. The van der Waals surface area contributed by atoms with Crippen LogP contribution in [0.2, 0.25) is 0 Å². The molecule has 1 aliphatic rings. The van der Waals surface area contributed by atoms with Crippen molar-refractivity contribution in [3.05, 3.63) is 70.6 Å². The molecule has 2 N–H and O–H groups in total. The number of nitriles is 1. The Bertz CT molecular complexity index is 1450. The van der Waals surface area contributed by atoms with E-state index >= 15 is 0 Å². The highest BCUT2D eigenvalue weighted by Gasteiger charge is 2.32. The Morgan fingerprint density at radius 3 is 2.67 bits per heavy atom. The van der Waals surface area contributed by atoms with E-state index in [1.165, 1.54) is 6.20 Å². The van der Waals surface area contributed by atoms with E-state index in [4.69, 9.17) is 9.47 Å². The maximum atomic E-state index is 13.9. The van der Waals surface area contributed by atoms with E-state index in [1.807, 2.05) is 43.7 Å². The Balaban J connectivity index is 1.66. The minimum absolute atomic E-state index is 0.151. The van der Waals surface area contributed by atoms with Gasteiger partial charge in [0.2, 0.25) is 0 Å². The zero-order chi connectivity index (χ0) is 29.0. The van der Waals surface area contributed by atoms with E-state index in [0.29, 0.717) is 54.4 Å². The lowest BCUT2D eigenvalue weighted by Crippen LogP contribution is -2.41. The van der Waals surface area contributed by atoms with Crippen LogP contribution in [0.1, 0.15) is 79.2 Å². The average molecular weight is 546 g/mol. The maximum Gasteiger partial charge on any atom is 0.426 e. The van der Waals surface area contributed by atoms with Crippen molar-refractivity contribution in [1.29, 1.82) is 5.26 Å². The number of imidazole rings is 1. The molecule has 2 aromatic heterocycles. The lowest BCUT2D eigenvalue weighted by Gasteiger charge is -2.34. The molecular weight excluding hydrogens is 510 g/mol. The standard InChI is InChI=1S/C29H35N7O4/c1-7-39-26-14-24(32-16-21(26)15-30)18(2)36-10-8-22-23(27(36)37)12-20(17-35-11-9-31-19(35)3)13-25(22)33-34-28(38)40-29(4,5)6/h9,11-14,16,18,33H,7-8,10,17H2,1-6H3,(H,34,38). The van der Waals surface area contributed by atoms with Crippen molar-refractivity contribution in [3.8, 4) is 11.8 Å². The molecule has 1 unspecified atom stereocenters. The SMILES string of the molecule is CCOc1cc(C(C)N2CCc3c(NNC(=O)OC(C)(C)C)cc(Cn4ccnc4C)cc3C2=O)ncc1C#N. The molecule has 2 amide bonds. The summed E-state index contributed by atoms with van der Waals surface area (Å²) in [6.45, 7) is 12.4. The van der Waals surface area contributed by atoms with E-state index < -0.39 is 11.7 Å². The summed E-state index contributed by atoms with van der Waals surface area (Å²) in [6, 6.07) is 7.29. The Hall–Kier alpha value is -4.59.